The van der Waals surface area contributed by atoms with Gasteiger partial charge in [-0.1, -0.05) is 38.0 Å². The zero-order valence-corrected chi connectivity index (χ0v) is 10.5. The number of benzene rings is 1. The van der Waals surface area contributed by atoms with E-state index >= 15 is 0 Å². The second-order valence-electron chi connectivity index (χ2n) is 4.79. The zero-order valence-electron chi connectivity index (χ0n) is 9.71. The monoisotopic (exact) mass is 301 g/mol. The summed E-state index contributed by atoms with van der Waals surface area (Å²) >= 11 is 0. The van der Waals surface area contributed by atoms with Crippen molar-refractivity contribution in [3.8, 4) is 0 Å². The van der Waals surface area contributed by atoms with Crippen LogP contribution in [0.2, 0.25) is 0 Å². The third-order valence-electron chi connectivity index (χ3n) is 3.53. The predicted octanol–water partition coefficient (Wildman–Crippen LogP) is 4.25. The van der Waals surface area contributed by atoms with E-state index in [4.69, 9.17) is 5.73 Å². The largest absolute Gasteiger partial charge is 0.369 e. The molecule has 19 heavy (non-hydrogen) atoms. The fourth-order valence-corrected chi connectivity index (χ4v) is 2.89. The van der Waals surface area contributed by atoms with Crippen molar-refractivity contribution in [2.45, 2.75) is 29.6 Å². The van der Waals surface area contributed by atoms with Crippen molar-refractivity contribution in [3.05, 3.63) is 29.8 Å². The van der Waals surface area contributed by atoms with Gasteiger partial charge in [-0.05, 0) is 30.5 Å². The van der Waals surface area contributed by atoms with Crippen molar-refractivity contribution in [1.82, 2.24) is 0 Å². The number of halogens is 5. The van der Waals surface area contributed by atoms with Crippen molar-refractivity contribution < 1.29 is 24.2 Å². The second-order valence-corrected chi connectivity index (χ2v) is 7.20. The maximum Gasteiger partial charge on any atom is 0.310 e. The highest BCUT2D eigenvalue weighted by Crippen LogP contribution is 3.02. The number of rotatable bonds is 3. The maximum atomic E-state index is 12.5. The van der Waals surface area contributed by atoms with Crippen LogP contribution in [-0.4, -0.2) is 5.91 Å². The van der Waals surface area contributed by atoms with E-state index in [0.29, 0.717) is 25.0 Å². The van der Waals surface area contributed by atoms with Crippen molar-refractivity contribution in [2.24, 2.45) is 5.73 Å². The van der Waals surface area contributed by atoms with Gasteiger partial charge in [-0.15, -0.1) is 0 Å². The van der Waals surface area contributed by atoms with Gasteiger partial charge in [0, 0.05) is 0 Å². The minimum atomic E-state index is -9.66. The van der Waals surface area contributed by atoms with Crippen LogP contribution in [0.15, 0.2) is 29.2 Å². The second kappa shape index (κ2) is 3.23. The summed E-state index contributed by atoms with van der Waals surface area (Å²) in [6.45, 7) is 0. The van der Waals surface area contributed by atoms with E-state index in [1.807, 2.05) is 0 Å². The van der Waals surface area contributed by atoms with Crippen LogP contribution >= 0.6 is 10.2 Å². The molecule has 0 bridgehead atoms. The van der Waals surface area contributed by atoms with E-state index in [2.05, 4.69) is 0 Å². The number of amides is 1. The molecule has 1 aliphatic rings. The van der Waals surface area contributed by atoms with Gasteiger partial charge in [0.15, 0.2) is 0 Å². The van der Waals surface area contributed by atoms with Crippen LogP contribution in [0.3, 0.4) is 0 Å². The lowest BCUT2D eigenvalue weighted by molar-refractivity contribution is -0.126. The summed E-state index contributed by atoms with van der Waals surface area (Å²) < 4.78 is 62.7. The Labute approximate surface area is 106 Å². The summed E-state index contributed by atoms with van der Waals surface area (Å²) in [6.07, 6.45) is 1.59. The first-order valence-electron chi connectivity index (χ1n) is 5.50. The molecule has 0 heterocycles. The highest BCUT2D eigenvalue weighted by molar-refractivity contribution is 8.45. The zero-order chi connectivity index (χ0) is 14.6. The SMILES string of the molecule is NC(=O)C1(c2ccc(S(F)(F)(F)(F)F)cc2)CCC1. The minimum absolute atomic E-state index is 0.261. The van der Waals surface area contributed by atoms with Gasteiger partial charge in [0.25, 0.3) is 0 Å². The van der Waals surface area contributed by atoms with Crippen LogP contribution in [0, 0.1) is 0 Å². The summed E-state index contributed by atoms with van der Waals surface area (Å²) in [5.41, 5.74) is 4.50. The van der Waals surface area contributed by atoms with Crippen molar-refractivity contribution in [3.63, 3.8) is 0 Å². The van der Waals surface area contributed by atoms with Gasteiger partial charge in [0.1, 0.15) is 4.90 Å². The molecule has 2 N–H and O–H groups in total. The fourth-order valence-electron chi connectivity index (χ4n) is 2.24. The first kappa shape index (κ1) is 14.1. The fraction of sp³-hybridized carbons (Fsp3) is 0.364. The van der Waals surface area contributed by atoms with Crippen LogP contribution in [0.1, 0.15) is 24.8 Å². The lowest BCUT2D eigenvalue weighted by atomic mass is 9.64. The number of hydrogen-bond acceptors (Lipinski definition) is 1. The molecule has 1 aromatic rings. The lowest BCUT2D eigenvalue weighted by Gasteiger charge is -2.42. The lowest BCUT2D eigenvalue weighted by Crippen LogP contribution is -2.46. The molecule has 2 nitrogen and oxygen atoms in total. The van der Waals surface area contributed by atoms with Crippen molar-refractivity contribution >= 4 is 16.1 Å². The molecule has 0 aromatic heterocycles. The Hall–Kier alpha value is -1.31. The molecule has 0 aliphatic heterocycles. The maximum absolute atomic E-state index is 12.5. The number of primary amides is 1. The molecule has 0 unspecified atom stereocenters. The molecule has 2 rings (SSSR count). The Bertz CT molecular complexity index is 532. The molecule has 1 aliphatic carbocycles. The number of carbonyl (C=O) groups is 1. The first-order valence-corrected chi connectivity index (χ1v) is 7.45. The van der Waals surface area contributed by atoms with Crippen LogP contribution in [0.5, 0.6) is 0 Å². The number of hydrogen-bond donors (Lipinski definition) is 1. The predicted molar refractivity (Wildman–Crippen MR) is 62.6 cm³/mol. The van der Waals surface area contributed by atoms with Gasteiger partial charge < -0.3 is 5.73 Å². The summed E-state index contributed by atoms with van der Waals surface area (Å²) in [6, 6.07) is 2.47. The molecule has 8 heteroatoms. The van der Waals surface area contributed by atoms with E-state index in [-0.39, 0.29) is 5.56 Å². The Kier molecular flexibility index (Phi) is 2.39. The topological polar surface area (TPSA) is 43.1 Å². The van der Waals surface area contributed by atoms with E-state index in [0.717, 1.165) is 18.6 Å². The molecule has 1 fully saturated rings. The van der Waals surface area contributed by atoms with E-state index in [1.165, 1.54) is 0 Å². The van der Waals surface area contributed by atoms with Crippen LogP contribution < -0.4 is 5.73 Å². The van der Waals surface area contributed by atoms with E-state index < -0.39 is 26.4 Å². The highest BCUT2D eigenvalue weighted by Gasteiger charge is 2.65. The quantitative estimate of drug-likeness (QED) is 0.833. The Morgan fingerprint density at radius 2 is 1.53 bits per heavy atom. The van der Waals surface area contributed by atoms with Gasteiger partial charge in [0.05, 0.1) is 5.41 Å². The van der Waals surface area contributed by atoms with Crippen molar-refractivity contribution in [1.29, 1.82) is 0 Å². The highest BCUT2D eigenvalue weighted by atomic mass is 32.5. The summed E-state index contributed by atoms with van der Waals surface area (Å²) in [5.74, 6) is -0.640. The van der Waals surface area contributed by atoms with Gasteiger partial charge in [0.2, 0.25) is 5.91 Å². The molecule has 0 saturated heterocycles. The van der Waals surface area contributed by atoms with Gasteiger partial charge >= 0.3 is 10.2 Å². The van der Waals surface area contributed by atoms with E-state index in [9.17, 15) is 24.2 Å². The molecule has 0 radical (unpaired) electrons. The molecule has 108 valence electrons. The molecular weight excluding hydrogens is 289 g/mol. The Balaban J connectivity index is 2.43. The Morgan fingerprint density at radius 3 is 1.79 bits per heavy atom. The first-order chi connectivity index (χ1) is 8.35. The van der Waals surface area contributed by atoms with Crippen LogP contribution in [0.4, 0.5) is 19.4 Å². The summed E-state index contributed by atoms with van der Waals surface area (Å²) in [5, 5.41) is 0. The van der Waals surface area contributed by atoms with Gasteiger partial charge in [-0.2, -0.15) is 0 Å². The molecule has 1 saturated carbocycles. The smallest absolute Gasteiger partial charge is 0.310 e. The van der Waals surface area contributed by atoms with Crippen LogP contribution in [-0.2, 0) is 10.2 Å². The molecular formula is C11H12F5NOS. The van der Waals surface area contributed by atoms with Crippen LogP contribution in [0.25, 0.3) is 0 Å². The molecule has 1 amide bonds. The molecule has 1 aromatic carbocycles. The minimum Gasteiger partial charge on any atom is -0.369 e. The third kappa shape index (κ3) is 2.41. The van der Waals surface area contributed by atoms with Gasteiger partial charge in [-0.3, -0.25) is 4.79 Å². The van der Waals surface area contributed by atoms with E-state index in [1.54, 1.807) is 0 Å². The standard InChI is InChI=1S/C11H12F5NOS/c12-19(13,14,15,16)9-4-2-8(3-5-9)11(10(17)18)6-1-7-11/h2-5H,1,6-7H2,(H2,17,18). The molecule has 0 atom stereocenters. The Morgan fingerprint density at radius 1 is 1.05 bits per heavy atom. The normalized spacial score (nSPS) is 21.9. The summed E-state index contributed by atoms with van der Waals surface area (Å²) in [4.78, 5) is 9.42. The number of carbonyl (C=O) groups excluding carboxylic acids is 1. The third-order valence-corrected chi connectivity index (χ3v) is 4.69. The average molecular weight is 301 g/mol. The molecule has 0 spiro atoms. The van der Waals surface area contributed by atoms with Crippen molar-refractivity contribution in [2.75, 3.05) is 0 Å². The summed E-state index contributed by atoms with van der Waals surface area (Å²) in [7, 11) is -9.66. The average Bonchev–Trinajstić information content (AvgIpc) is 2.12. The van der Waals surface area contributed by atoms with Gasteiger partial charge in [-0.25, -0.2) is 0 Å². The number of nitrogens with two attached hydrogens (primary N) is 1.